The molecule has 1 heterocycles. The second kappa shape index (κ2) is 12.1. The molecule has 38 heavy (non-hydrogen) atoms. The number of carbonyl (C=O) groups is 2. The average molecular weight is 570 g/mol. The molecule has 0 saturated heterocycles. The van der Waals surface area contributed by atoms with Gasteiger partial charge in [-0.05, 0) is 42.0 Å². The molecule has 0 aliphatic carbocycles. The van der Waals surface area contributed by atoms with Gasteiger partial charge in [0.2, 0.25) is 0 Å². The third kappa shape index (κ3) is 6.33. The van der Waals surface area contributed by atoms with Crippen molar-refractivity contribution in [2.75, 3.05) is 6.61 Å². The van der Waals surface area contributed by atoms with E-state index >= 15 is 0 Å². The van der Waals surface area contributed by atoms with Crippen molar-refractivity contribution in [3.8, 4) is 17.3 Å². The number of halogens is 3. The highest BCUT2D eigenvalue weighted by Crippen LogP contribution is 2.39. The Morgan fingerprint density at radius 2 is 1.71 bits per heavy atom. The molecule has 0 aliphatic heterocycles. The van der Waals surface area contributed by atoms with Gasteiger partial charge in [-0.25, -0.2) is 4.79 Å². The maximum absolute atomic E-state index is 13.4. The molecule has 0 bridgehead atoms. The molecule has 4 rings (SSSR count). The van der Waals surface area contributed by atoms with Gasteiger partial charge < -0.3 is 15.2 Å². The highest BCUT2D eigenvalue weighted by molar-refractivity contribution is 6.35. The van der Waals surface area contributed by atoms with Crippen LogP contribution in [0.25, 0.3) is 11.3 Å². The van der Waals surface area contributed by atoms with Crippen molar-refractivity contribution in [3.63, 3.8) is 0 Å². The first kappa shape index (κ1) is 27.2. The Bertz CT molecular complexity index is 1510. The van der Waals surface area contributed by atoms with Crippen LogP contribution in [0.15, 0.2) is 66.7 Å². The quantitative estimate of drug-likeness (QED) is 0.226. The fraction of sp³-hybridized carbons (Fsp3) is 0.111. The van der Waals surface area contributed by atoms with Gasteiger partial charge in [0.15, 0.2) is 5.69 Å². The Morgan fingerprint density at radius 1 is 1.03 bits per heavy atom. The highest BCUT2D eigenvalue weighted by Gasteiger charge is 2.31. The minimum Gasteiger partial charge on any atom is -0.480 e. The van der Waals surface area contributed by atoms with E-state index in [1.165, 1.54) is 6.07 Å². The molecule has 0 spiro atoms. The number of ether oxygens (including phenoxy) is 1. The molecule has 0 radical (unpaired) electrons. The van der Waals surface area contributed by atoms with E-state index in [9.17, 15) is 14.7 Å². The second-order valence-corrected chi connectivity index (χ2v) is 9.39. The first-order valence-electron chi connectivity index (χ1n) is 11.2. The number of aromatic nitrogens is 2. The SMILES string of the molecule is N#Cc1ccc(CNC(=O)c2n[nH]c(-c3ccc(Cl)cc3)c2C(OCC(=O)O)c2ccc(Cl)cc2Cl)cc1. The summed E-state index contributed by atoms with van der Waals surface area (Å²) in [6.45, 7) is -0.503. The van der Waals surface area contributed by atoms with Gasteiger partial charge in [0, 0.05) is 38.3 Å². The number of carboxylic acids is 1. The van der Waals surface area contributed by atoms with Crippen LogP contribution in [-0.4, -0.2) is 33.8 Å². The number of carboxylic acid groups (broad SMARTS) is 1. The number of nitriles is 1. The highest BCUT2D eigenvalue weighted by atomic mass is 35.5. The maximum atomic E-state index is 13.4. The number of aromatic amines is 1. The van der Waals surface area contributed by atoms with Gasteiger partial charge in [-0.3, -0.25) is 9.89 Å². The van der Waals surface area contributed by atoms with Gasteiger partial charge in [0.1, 0.15) is 12.7 Å². The van der Waals surface area contributed by atoms with E-state index in [4.69, 9.17) is 44.8 Å². The van der Waals surface area contributed by atoms with Crippen LogP contribution in [0.3, 0.4) is 0 Å². The molecule has 1 unspecified atom stereocenters. The summed E-state index contributed by atoms with van der Waals surface area (Å²) in [6, 6.07) is 20.3. The van der Waals surface area contributed by atoms with Gasteiger partial charge >= 0.3 is 5.97 Å². The van der Waals surface area contributed by atoms with Crippen LogP contribution < -0.4 is 5.32 Å². The van der Waals surface area contributed by atoms with Crippen molar-refractivity contribution < 1.29 is 19.4 Å². The summed E-state index contributed by atoms with van der Waals surface area (Å²) in [7, 11) is 0. The molecular formula is C27H19Cl3N4O4. The van der Waals surface area contributed by atoms with Crippen LogP contribution in [0.5, 0.6) is 0 Å². The molecule has 3 N–H and O–H groups in total. The predicted octanol–water partition coefficient (Wildman–Crippen LogP) is 6.03. The monoisotopic (exact) mass is 568 g/mol. The van der Waals surface area contributed by atoms with E-state index in [1.807, 2.05) is 6.07 Å². The normalized spacial score (nSPS) is 11.5. The number of carbonyl (C=O) groups excluding carboxylic acids is 1. The van der Waals surface area contributed by atoms with E-state index in [1.54, 1.807) is 60.7 Å². The number of aliphatic carboxylic acids is 1. The topological polar surface area (TPSA) is 128 Å². The summed E-state index contributed by atoms with van der Waals surface area (Å²) in [5.74, 6) is -1.74. The smallest absolute Gasteiger partial charge is 0.329 e. The summed E-state index contributed by atoms with van der Waals surface area (Å²) < 4.78 is 5.80. The zero-order valence-electron chi connectivity index (χ0n) is 19.5. The fourth-order valence-electron chi connectivity index (χ4n) is 3.78. The van der Waals surface area contributed by atoms with E-state index < -0.39 is 24.6 Å². The van der Waals surface area contributed by atoms with Crippen LogP contribution in [-0.2, 0) is 16.1 Å². The minimum absolute atomic E-state index is 0.00926. The van der Waals surface area contributed by atoms with Crippen molar-refractivity contribution in [2.45, 2.75) is 12.6 Å². The number of hydrogen-bond donors (Lipinski definition) is 3. The number of benzene rings is 3. The molecule has 4 aromatic rings. The molecule has 8 nitrogen and oxygen atoms in total. The lowest BCUT2D eigenvalue weighted by molar-refractivity contribution is -0.143. The van der Waals surface area contributed by atoms with E-state index in [-0.39, 0.29) is 22.8 Å². The predicted molar refractivity (Wildman–Crippen MR) is 143 cm³/mol. The van der Waals surface area contributed by atoms with Crippen LogP contribution in [0.2, 0.25) is 15.1 Å². The van der Waals surface area contributed by atoms with Gasteiger partial charge in [-0.2, -0.15) is 10.4 Å². The van der Waals surface area contributed by atoms with Crippen LogP contribution in [0.4, 0.5) is 0 Å². The summed E-state index contributed by atoms with van der Waals surface area (Å²) >= 11 is 18.6. The molecule has 192 valence electrons. The number of hydrogen-bond acceptors (Lipinski definition) is 5. The van der Waals surface area contributed by atoms with Crippen LogP contribution >= 0.6 is 34.8 Å². The number of rotatable bonds is 9. The lowest BCUT2D eigenvalue weighted by Crippen LogP contribution is -2.25. The molecule has 3 aromatic carbocycles. The number of H-pyrrole nitrogens is 1. The molecule has 0 fully saturated rings. The zero-order chi connectivity index (χ0) is 27.2. The van der Waals surface area contributed by atoms with Crippen molar-refractivity contribution in [1.82, 2.24) is 15.5 Å². The van der Waals surface area contributed by atoms with Gasteiger partial charge in [-0.15, -0.1) is 0 Å². The Kier molecular flexibility index (Phi) is 8.66. The molecule has 1 aromatic heterocycles. The standard InChI is InChI=1S/C27H19Cl3N4O4/c28-18-7-5-17(6-8-18)24-23(26(38-14-22(35)36)20-10-9-19(29)11-21(20)30)25(34-33-24)27(37)32-13-16-3-1-15(12-31)2-4-16/h1-11,26H,13-14H2,(H,32,37)(H,33,34)(H,35,36). The lowest BCUT2D eigenvalue weighted by Gasteiger charge is -2.21. The van der Waals surface area contributed by atoms with E-state index in [0.29, 0.717) is 32.4 Å². The largest absolute Gasteiger partial charge is 0.480 e. The zero-order valence-corrected chi connectivity index (χ0v) is 21.8. The second-order valence-electron chi connectivity index (χ2n) is 8.11. The third-order valence-corrected chi connectivity index (χ3v) is 6.38. The summed E-state index contributed by atoms with van der Waals surface area (Å²) in [4.78, 5) is 24.8. The Morgan fingerprint density at radius 3 is 2.34 bits per heavy atom. The van der Waals surface area contributed by atoms with Crippen molar-refractivity contribution in [1.29, 1.82) is 5.26 Å². The summed E-state index contributed by atoms with van der Waals surface area (Å²) in [5.41, 5.74) is 3.01. The molecular weight excluding hydrogens is 551 g/mol. The van der Waals surface area contributed by atoms with Gasteiger partial charge in [0.05, 0.1) is 17.3 Å². The van der Waals surface area contributed by atoms with Crippen LogP contribution in [0, 0.1) is 11.3 Å². The summed E-state index contributed by atoms with van der Waals surface area (Å²) in [5, 5.41) is 29.4. The number of amides is 1. The maximum Gasteiger partial charge on any atom is 0.329 e. The first-order chi connectivity index (χ1) is 18.3. The van der Waals surface area contributed by atoms with Gasteiger partial charge in [0.25, 0.3) is 5.91 Å². The number of nitrogens with one attached hydrogen (secondary N) is 2. The summed E-state index contributed by atoms with van der Waals surface area (Å²) in [6.07, 6.45) is -1.09. The van der Waals surface area contributed by atoms with E-state index in [2.05, 4.69) is 15.5 Å². The Hall–Kier alpha value is -3.87. The lowest BCUT2D eigenvalue weighted by atomic mass is 9.95. The van der Waals surface area contributed by atoms with Crippen molar-refractivity contribution >= 4 is 46.7 Å². The fourth-order valence-corrected chi connectivity index (χ4v) is 4.41. The molecule has 0 saturated carbocycles. The Balaban J connectivity index is 1.79. The molecule has 1 atom stereocenters. The third-order valence-electron chi connectivity index (χ3n) is 5.57. The van der Waals surface area contributed by atoms with Crippen LogP contribution in [0.1, 0.15) is 38.8 Å². The molecule has 0 aliphatic rings. The average Bonchev–Trinajstić information content (AvgIpc) is 3.34. The van der Waals surface area contributed by atoms with Crippen molar-refractivity contribution in [3.05, 3.63) is 110 Å². The molecule has 11 heteroatoms. The van der Waals surface area contributed by atoms with Crippen molar-refractivity contribution in [2.24, 2.45) is 0 Å². The number of nitrogens with zero attached hydrogens (tertiary/aromatic N) is 2. The minimum atomic E-state index is -1.21. The first-order valence-corrected chi connectivity index (χ1v) is 12.3. The van der Waals surface area contributed by atoms with E-state index in [0.717, 1.165) is 5.56 Å². The van der Waals surface area contributed by atoms with Gasteiger partial charge in [-0.1, -0.05) is 65.1 Å². The Labute approximate surface area is 232 Å². The molecule has 1 amide bonds.